The van der Waals surface area contributed by atoms with Crippen LogP contribution < -0.4 is 14.2 Å². The lowest BCUT2D eigenvalue weighted by molar-refractivity contribution is -0.119. The van der Waals surface area contributed by atoms with Crippen molar-refractivity contribution < 1.29 is 23.8 Å². The van der Waals surface area contributed by atoms with Gasteiger partial charge in [0.25, 0.3) is 0 Å². The zero-order chi connectivity index (χ0) is 20.5. The van der Waals surface area contributed by atoms with Gasteiger partial charge in [-0.3, -0.25) is 9.59 Å². The van der Waals surface area contributed by atoms with Gasteiger partial charge in [-0.25, -0.2) is 0 Å². The number of Topliss-reactive ketones (excluding diaryl/α,β-unsaturated/α-hetero) is 2. The van der Waals surface area contributed by atoms with Crippen LogP contribution in [0.3, 0.4) is 0 Å². The summed E-state index contributed by atoms with van der Waals surface area (Å²) in [5.74, 6) is 2.70. The molecule has 154 valence electrons. The highest BCUT2D eigenvalue weighted by Crippen LogP contribution is 2.31. The second-order valence-corrected chi connectivity index (χ2v) is 7.23. The number of aryl methyl sites for hydroxylation is 1. The molecule has 0 radical (unpaired) electrons. The van der Waals surface area contributed by atoms with E-state index in [0.29, 0.717) is 38.0 Å². The average Bonchev–Trinajstić information content (AvgIpc) is 2.76. The van der Waals surface area contributed by atoms with Crippen molar-refractivity contribution in [2.24, 2.45) is 0 Å². The van der Waals surface area contributed by atoms with Gasteiger partial charge in [0, 0.05) is 24.8 Å². The van der Waals surface area contributed by atoms with Gasteiger partial charge in [-0.1, -0.05) is 6.07 Å². The normalized spacial score (nSPS) is 12.4. The Morgan fingerprint density at radius 3 is 2.31 bits per heavy atom. The largest absolute Gasteiger partial charge is 0.497 e. The van der Waals surface area contributed by atoms with Crippen LogP contribution in [0.2, 0.25) is 0 Å². The summed E-state index contributed by atoms with van der Waals surface area (Å²) < 4.78 is 16.2. The first-order valence-corrected chi connectivity index (χ1v) is 10.2. The predicted molar refractivity (Wildman–Crippen MR) is 111 cm³/mol. The smallest absolute Gasteiger partial charge is 0.162 e. The van der Waals surface area contributed by atoms with Crippen LogP contribution in [0.5, 0.6) is 17.2 Å². The standard InChI is InChI=1S/C24H28O5/c1-27-21-12-10-19(11-13-21)22(26)8-3-2-6-20(25)7-4-5-18-9-14-23-24(17-18)29-16-15-28-23/h9-14,17H,2-8,15-16H2,1H3. The molecule has 3 rings (SSSR count). The molecule has 2 aromatic carbocycles. The van der Waals surface area contributed by atoms with Gasteiger partial charge in [0.15, 0.2) is 17.3 Å². The SMILES string of the molecule is COc1ccc(C(=O)CCCCC(=O)CCCc2ccc3c(c2)OCCO3)cc1. The Bertz CT molecular complexity index is 826. The topological polar surface area (TPSA) is 61.8 Å². The maximum atomic E-state index is 12.2. The lowest BCUT2D eigenvalue weighted by Crippen LogP contribution is -2.15. The number of benzene rings is 2. The Morgan fingerprint density at radius 1 is 0.862 bits per heavy atom. The van der Waals surface area contributed by atoms with E-state index in [0.717, 1.165) is 48.5 Å². The van der Waals surface area contributed by atoms with E-state index in [1.54, 1.807) is 31.4 Å². The summed E-state index contributed by atoms with van der Waals surface area (Å²) in [6.45, 7) is 1.17. The molecule has 5 heteroatoms. The van der Waals surface area contributed by atoms with Crippen LogP contribution in [-0.2, 0) is 11.2 Å². The number of hydrogen-bond donors (Lipinski definition) is 0. The van der Waals surface area contributed by atoms with Crippen LogP contribution in [0.15, 0.2) is 42.5 Å². The number of hydrogen-bond acceptors (Lipinski definition) is 5. The number of carbonyl (C=O) groups is 2. The minimum atomic E-state index is 0.110. The maximum Gasteiger partial charge on any atom is 0.162 e. The van der Waals surface area contributed by atoms with E-state index < -0.39 is 0 Å². The molecule has 0 unspecified atom stereocenters. The molecule has 0 aromatic heterocycles. The summed E-state index contributed by atoms with van der Waals surface area (Å²) in [5.41, 5.74) is 1.85. The molecule has 2 aromatic rings. The highest BCUT2D eigenvalue weighted by molar-refractivity contribution is 5.96. The molecule has 0 aliphatic carbocycles. The third-order valence-electron chi connectivity index (χ3n) is 5.05. The van der Waals surface area contributed by atoms with Crippen LogP contribution >= 0.6 is 0 Å². The van der Waals surface area contributed by atoms with E-state index in [9.17, 15) is 9.59 Å². The Labute approximate surface area is 172 Å². The van der Waals surface area contributed by atoms with Gasteiger partial charge in [0.1, 0.15) is 24.7 Å². The first kappa shape index (κ1) is 20.9. The molecular weight excluding hydrogens is 368 g/mol. The molecule has 29 heavy (non-hydrogen) atoms. The fourth-order valence-electron chi connectivity index (χ4n) is 3.39. The van der Waals surface area contributed by atoms with Crippen LogP contribution in [0, 0.1) is 0 Å². The van der Waals surface area contributed by atoms with Crippen molar-refractivity contribution in [3.8, 4) is 17.2 Å². The van der Waals surface area contributed by atoms with Gasteiger partial charge >= 0.3 is 0 Å². The van der Waals surface area contributed by atoms with Gasteiger partial charge in [-0.15, -0.1) is 0 Å². The third kappa shape index (κ3) is 6.34. The molecule has 5 nitrogen and oxygen atoms in total. The molecule has 0 N–H and O–H groups in total. The van der Waals surface area contributed by atoms with Crippen molar-refractivity contribution in [2.45, 2.75) is 44.9 Å². The lowest BCUT2D eigenvalue weighted by atomic mass is 10.0. The minimum Gasteiger partial charge on any atom is -0.497 e. The number of rotatable bonds is 11. The molecule has 0 fully saturated rings. The molecule has 1 aliphatic rings. The summed E-state index contributed by atoms with van der Waals surface area (Å²) in [6.07, 6.45) is 4.74. The fourth-order valence-corrected chi connectivity index (χ4v) is 3.39. The average molecular weight is 396 g/mol. The molecule has 1 heterocycles. The number of carbonyl (C=O) groups excluding carboxylic acids is 2. The monoisotopic (exact) mass is 396 g/mol. The highest BCUT2D eigenvalue weighted by Gasteiger charge is 2.12. The third-order valence-corrected chi connectivity index (χ3v) is 5.05. The Morgan fingerprint density at radius 2 is 1.55 bits per heavy atom. The van der Waals surface area contributed by atoms with E-state index in [1.165, 1.54) is 0 Å². The van der Waals surface area contributed by atoms with E-state index in [2.05, 4.69) is 0 Å². The van der Waals surface area contributed by atoms with Crippen molar-refractivity contribution in [2.75, 3.05) is 20.3 Å². The summed E-state index contributed by atoms with van der Waals surface area (Å²) in [5, 5.41) is 0. The first-order valence-electron chi connectivity index (χ1n) is 10.2. The number of fused-ring (bicyclic) bond motifs is 1. The molecule has 0 atom stereocenters. The number of ketones is 2. The summed E-state index contributed by atoms with van der Waals surface area (Å²) in [7, 11) is 1.60. The number of unbranched alkanes of at least 4 members (excludes halogenated alkanes) is 1. The lowest BCUT2D eigenvalue weighted by Gasteiger charge is -2.18. The molecule has 0 bridgehead atoms. The van der Waals surface area contributed by atoms with Gasteiger partial charge in [-0.2, -0.15) is 0 Å². The van der Waals surface area contributed by atoms with E-state index in [1.807, 2.05) is 18.2 Å². The van der Waals surface area contributed by atoms with Gasteiger partial charge < -0.3 is 14.2 Å². The first-order chi connectivity index (χ1) is 14.2. The van der Waals surface area contributed by atoms with Crippen molar-refractivity contribution in [1.29, 1.82) is 0 Å². The predicted octanol–water partition coefficient (Wildman–Crippen LogP) is 4.80. The quantitative estimate of drug-likeness (QED) is 0.403. The van der Waals surface area contributed by atoms with Crippen molar-refractivity contribution >= 4 is 11.6 Å². The number of ether oxygens (including phenoxy) is 3. The highest BCUT2D eigenvalue weighted by atomic mass is 16.6. The van der Waals surface area contributed by atoms with Crippen molar-refractivity contribution in [3.05, 3.63) is 53.6 Å². The van der Waals surface area contributed by atoms with Crippen LogP contribution in [0.4, 0.5) is 0 Å². The molecule has 0 spiro atoms. The summed E-state index contributed by atoms with van der Waals surface area (Å²) in [6, 6.07) is 13.1. The minimum absolute atomic E-state index is 0.110. The number of methoxy groups -OCH3 is 1. The Hall–Kier alpha value is -2.82. The molecule has 1 aliphatic heterocycles. The second kappa shape index (κ2) is 10.6. The van der Waals surface area contributed by atoms with Gasteiger partial charge in [0.05, 0.1) is 7.11 Å². The molecule has 0 saturated heterocycles. The zero-order valence-corrected chi connectivity index (χ0v) is 16.9. The van der Waals surface area contributed by atoms with E-state index in [4.69, 9.17) is 14.2 Å². The zero-order valence-electron chi connectivity index (χ0n) is 16.9. The summed E-state index contributed by atoms with van der Waals surface area (Å²) in [4.78, 5) is 24.3. The van der Waals surface area contributed by atoms with Crippen LogP contribution in [0.25, 0.3) is 0 Å². The van der Waals surface area contributed by atoms with Gasteiger partial charge in [-0.05, 0) is 67.6 Å². The molecule has 0 amide bonds. The second-order valence-electron chi connectivity index (χ2n) is 7.23. The maximum absolute atomic E-state index is 12.2. The van der Waals surface area contributed by atoms with Gasteiger partial charge in [0.2, 0.25) is 0 Å². The van der Waals surface area contributed by atoms with E-state index >= 15 is 0 Å². The van der Waals surface area contributed by atoms with Crippen LogP contribution in [-0.4, -0.2) is 31.9 Å². The molecular formula is C24H28O5. The van der Waals surface area contributed by atoms with Crippen molar-refractivity contribution in [3.63, 3.8) is 0 Å². The van der Waals surface area contributed by atoms with E-state index in [-0.39, 0.29) is 11.6 Å². The fraction of sp³-hybridized carbons (Fsp3) is 0.417. The molecule has 0 saturated carbocycles. The Kier molecular flexibility index (Phi) is 7.68. The Balaban J connectivity index is 1.30. The van der Waals surface area contributed by atoms with Crippen molar-refractivity contribution in [1.82, 2.24) is 0 Å². The summed E-state index contributed by atoms with van der Waals surface area (Å²) >= 11 is 0. The van der Waals surface area contributed by atoms with Crippen LogP contribution in [0.1, 0.15) is 54.4 Å².